The Morgan fingerprint density at radius 2 is 1.52 bits per heavy atom. The molecular formula is C26H16Br2N2O. The van der Waals surface area contributed by atoms with Gasteiger partial charge in [0.05, 0.1) is 15.9 Å². The van der Waals surface area contributed by atoms with Crippen molar-refractivity contribution in [3.63, 3.8) is 0 Å². The molecular weight excluding hydrogens is 516 g/mol. The fraction of sp³-hybridized carbons (Fsp3) is 0. The Morgan fingerprint density at radius 3 is 2.32 bits per heavy atom. The van der Waals surface area contributed by atoms with E-state index in [1.807, 2.05) is 60.7 Å². The summed E-state index contributed by atoms with van der Waals surface area (Å²) in [6, 6.07) is 28.0. The second kappa shape index (κ2) is 8.25. The summed E-state index contributed by atoms with van der Waals surface area (Å²) in [6.45, 7) is 0. The maximum absolute atomic E-state index is 13.2. The van der Waals surface area contributed by atoms with Crippen LogP contribution < -0.4 is 5.43 Å². The van der Waals surface area contributed by atoms with Crippen LogP contribution in [0.3, 0.4) is 0 Å². The van der Waals surface area contributed by atoms with Crippen molar-refractivity contribution in [1.82, 2.24) is 9.78 Å². The van der Waals surface area contributed by atoms with Crippen molar-refractivity contribution in [3.05, 3.63) is 115 Å². The van der Waals surface area contributed by atoms with Crippen molar-refractivity contribution in [2.24, 2.45) is 0 Å². The molecule has 31 heavy (non-hydrogen) atoms. The third-order valence-electron chi connectivity index (χ3n) is 5.14. The molecule has 0 fully saturated rings. The molecule has 0 aliphatic carbocycles. The lowest BCUT2D eigenvalue weighted by molar-refractivity contribution is 0.902. The van der Waals surface area contributed by atoms with E-state index < -0.39 is 0 Å². The van der Waals surface area contributed by atoms with E-state index in [0.29, 0.717) is 9.99 Å². The quantitative estimate of drug-likeness (QED) is 0.246. The second-order valence-electron chi connectivity index (χ2n) is 7.19. The second-order valence-corrected chi connectivity index (χ2v) is 8.96. The minimum atomic E-state index is -0.109. The van der Waals surface area contributed by atoms with E-state index >= 15 is 0 Å². The van der Waals surface area contributed by atoms with Gasteiger partial charge in [-0.05, 0) is 68.7 Å². The smallest absolute Gasteiger partial charge is 0.219 e. The van der Waals surface area contributed by atoms with Gasteiger partial charge in [-0.25, -0.2) is 4.68 Å². The number of fused-ring (bicyclic) bond motifs is 2. The van der Waals surface area contributed by atoms with Gasteiger partial charge in [-0.15, -0.1) is 0 Å². The third-order valence-corrected chi connectivity index (χ3v) is 6.18. The third kappa shape index (κ3) is 3.87. The minimum absolute atomic E-state index is 0.109. The Morgan fingerprint density at radius 1 is 0.774 bits per heavy atom. The Balaban J connectivity index is 1.72. The highest BCUT2D eigenvalue weighted by Crippen LogP contribution is 2.26. The lowest BCUT2D eigenvalue weighted by Crippen LogP contribution is -2.06. The lowest BCUT2D eigenvalue weighted by atomic mass is 10.1. The number of aromatic nitrogens is 2. The molecule has 5 aromatic rings. The van der Waals surface area contributed by atoms with Gasteiger partial charge in [0.2, 0.25) is 5.43 Å². The summed E-state index contributed by atoms with van der Waals surface area (Å²) in [6.07, 6.45) is 4.00. The van der Waals surface area contributed by atoms with Gasteiger partial charge in [-0.1, -0.05) is 76.6 Å². The topological polar surface area (TPSA) is 34.9 Å². The summed E-state index contributed by atoms with van der Waals surface area (Å²) in [5.74, 6) is 0. The number of benzene rings is 3. The van der Waals surface area contributed by atoms with Gasteiger partial charge in [-0.3, -0.25) is 4.79 Å². The molecule has 0 atom stereocenters. The van der Waals surface area contributed by atoms with Crippen LogP contribution >= 0.6 is 31.9 Å². The first-order valence-corrected chi connectivity index (χ1v) is 11.3. The molecule has 5 heteroatoms. The number of hydrogen-bond donors (Lipinski definition) is 0. The van der Waals surface area contributed by atoms with Gasteiger partial charge in [0, 0.05) is 9.86 Å². The van der Waals surface area contributed by atoms with E-state index in [0.717, 1.165) is 26.8 Å². The Labute approximate surface area is 195 Å². The molecule has 3 nitrogen and oxygen atoms in total. The predicted molar refractivity (Wildman–Crippen MR) is 136 cm³/mol. The van der Waals surface area contributed by atoms with Crippen LogP contribution in [-0.4, -0.2) is 9.78 Å². The minimum Gasteiger partial charge on any atom is -0.286 e. The van der Waals surface area contributed by atoms with E-state index in [2.05, 4.69) is 62.2 Å². The molecule has 0 amide bonds. The van der Waals surface area contributed by atoms with E-state index in [4.69, 9.17) is 5.10 Å². The predicted octanol–water partition coefficient (Wildman–Crippen LogP) is 7.23. The summed E-state index contributed by atoms with van der Waals surface area (Å²) in [7, 11) is 0. The highest BCUT2D eigenvalue weighted by atomic mass is 79.9. The maximum Gasteiger partial charge on any atom is 0.219 e. The van der Waals surface area contributed by atoms with Crippen LogP contribution in [0, 0.1) is 0 Å². The van der Waals surface area contributed by atoms with E-state index in [1.165, 1.54) is 10.8 Å². The van der Waals surface area contributed by atoms with Crippen molar-refractivity contribution >= 4 is 65.7 Å². The fourth-order valence-corrected chi connectivity index (χ4v) is 4.85. The summed E-state index contributed by atoms with van der Waals surface area (Å²) < 4.78 is 3.01. The fourth-order valence-electron chi connectivity index (χ4n) is 3.65. The summed E-state index contributed by atoms with van der Waals surface area (Å²) in [4.78, 5) is 13.2. The Kier molecular flexibility index (Phi) is 5.30. The molecule has 0 spiro atoms. The summed E-state index contributed by atoms with van der Waals surface area (Å²) in [5, 5.41) is 7.97. The molecule has 0 aliphatic heterocycles. The lowest BCUT2D eigenvalue weighted by Gasteiger charge is -2.01. The molecule has 1 heterocycles. The van der Waals surface area contributed by atoms with Crippen LogP contribution in [0.25, 0.3) is 39.5 Å². The number of rotatable bonds is 3. The van der Waals surface area contributed by atoms with Crippen LogP contribution in [0.4, 0.5) is 0 Å². The first-order valence-electron chi connectivity index (χ1n) is 9.74. The van der Waals surface area contributed by atoms with Gasteiger partial charge < -0.3 is 0 Å². The molecule has 150 valence electrons. The number of para-hydroxylation sites is 1. The van der Waals surface area contributed by atoms with Crippen molar-refractivity contribution in [3.8, 4) is 5.69 Å². The van der Waals surface area contributed by atoms with Crippen LogP contribution in [0.2, 0.25) is 0 Å². The average molecular weight is 532 g/mol. The van der Waals surface area contributed by atoms with Gasteiger partial charge in [-0.2, -0.15) is 5.10 Å². The van der Waals surface area contributed by atoms with Gasteiger partial charge in [0.15, 0.2) is 0 Å². The highest BCUT2D eigenvalue weighted by Gasteiger charge is 2.15. The van der Waals surface area contributed by atoms with Crippen LogP contribution in [0.15, 0.2) is 98.7 Å². The highest BCUT2D eigenvalue weighted by molar-refractivity contribution is 9.11. The molecule has 5 rings (SSSR count). The molecule has 0 bridgehead atoms. The summed E-state index contributed by atoms with van der Waals surface area (Å²) in [5.41, 5.74) is 3.06. The zero-order valence-corrected chi connectivity index (χ0v) is 19.5. The van der Waals surface area contributed by atoms with Crippen molar-refractivity contribution in [2.75, 3.05) is 0 Å². The van der Waals surface area contributed by atoms with E-state index in [-0.39, 0.29) is 5.43 Å². The number of hydrogen-bond acceptors (Lipinski definition) is 2. The number of halogens is 2. The first-order chi connectivity index (χ1) is 15.1. The standard InChI is InChI=1S/C26H16Br2N2O/c27-20-15-22-24(13-11-17-10-12-18-6-4-5-7-19(18)14-17)29-30(21-8-2-1-3-9-21)25(22)26(31)23(28)16-20/h1-16H/b13-11+. The molecule has 0 saturated heterocycles. The molecule has 0 N–H and O–H groups in total. The molecule has 0 unspecified atom stereocenters. The van der Waals surface area contributed by atoms with Gasteiger partial charge in [0.25, 0.3) is 0 Å². The van der Waals surface area contributed by atoms with Gasteiger partial charge in [0.1, 0.15) is 5.52 Å². The molecule has 0 saturated carbocycles. The molecule has 0 aliphatic rings. The largest absolute Gasteiger partial charge is 0.286 e. The Hall–Kier alpha value is -3.02. The van der Waals surface area contributed by atoms with Crippen molar-refractivity contribution in [1.29, 1.82) is 0 Å². The van der Waals surface area contributed by atoms with Crippen molar-refractivity contribution < 1.29 is 0 Å². The zero-order valence-electron chi connectivity index (χ0n) is 16.3. The van der Waals surface area contributed by atoms with Crippen LogP contribution in [0.1, 0.15) is 11.3 Å². The van der Waals surface area contributed by atoms with Crippen LogP contribution in [-0.2, 0) is 0 Å². The Bertz CT molecular complexity index is 1520. The molecule has 4 aromatic carbocycles. The average Bonchev–Trinajstić information content (AvgIpc) is 3.10. The van der Waals surface area contributed by atoms with E-state index in [1.54, 1.807) is 10.7 Å². The SMILES string of the molecule is O=c1c(Br)cc(Br)cc2c(/C=C/c3ccc4ccccc4c3)nn(-c3ccccc3)c12. The van der Waals surface area contributed by atoms with Crippen LogP contribution in [0.5, 0.6) is 0 Å². The van der Waals surface area contributed by atoms with E-state index in [9.17, 15) is 4.79 Å². The monoisotopic (exact) mass is 530 g/mol. The van der Waals surface area contributed by atoms with Crippen molar-refractivity contribution in [2.45, 2.75) is 0 Å². The van der Waals surface area contributed by atoms with Gasteiger partial charge >= 0.3 is 0 Å². The zero-order chi connectivity index (χ0) is 21.4. The normalized spacial score (nSPS) is 11.5. The molecule has 0 radical (unpaired) electrons. The maximum atomic E-state index is 13.2. The molecule has 1 aromatic heterocycles. The number of nitrogens with zero attached hydrogens (tertiary/aromatic N) is 2. The summed E-state index contributed by atoms with van der Waals surface area (Å²) >= 11 is 6.95. The first kappa shape index (κ1) is 19.9.